The van der Waals surface area contributed by atoms with Crippen LogP contribution in [0.1, 0.15) is 52.4 Å². The van der Waals surface area contributed by atoms with Crippen LogP contribution in [0.3, 0.4) is 0 Å². The zero-order valence-corrected chi connectivity index (χ0v) is 8.88. The fourth-order valence-corrected chi connectivity index (χ4v) is 1.55. The predicted molar refractivity (Wildman–Crippen MR) is 56.2 cm³/mol. The summed E-state index contributed by atoms with van der Waals surface area (Å²) in [6.45, 7) is 5.18. The van der Waals surface area contributed by atoms with Crippen molar-refractivity contribution in [3.05, 3.63) is 0 Å². The largest absolute Gasteiger partial charge is 0.476 e. The van der Waals surface area contributed by atoms with Crippen LogP contribution in [-0.4, -0.2) is 18.5 Å². The molecule has 1 heterocycles. The van der Waals surface area contributed by atoms with Gasteiger partial charge in [-0.05, 0) is 13.3 Å². The van der Waals surface area contributed by atoms with Gasteiger partial charge in [-0.2, -0.15) is 0 Å². The van der Waals surface area contributed by atoms with Gasteiger partial charge in [-0.1, -0.05) is 32.6 Å². The van der Waals surface area contributed by atoms with Crippen molar-refractivity contribution in [1.29, 1.82) is 0 Å². The average Bonchev–Trinajstić information content (AvgIpc) is 2.51. The average molecular weight is 183 g/mol. The molecule has 0 bridgehead atoms. The van der Waals surface area contributed by atoms with E-state index in [1.54, 1.807) is 0 Å². The van der Waals surface area contributed by atoms with E-state index >= 15 is 0 Å². The Balaban J connectivity index is 1.94. The highest BCUT2D eigenvalue weighted by Gasteiger charge is 2.13. The molecule has 0 aromatic heterocycles. The molecule has 1 rings (SSSR count). The number of nitrogens with zero attached hydrogens (tertiary/aromatic N) is 1. The molecular formula is C11H21NO. The third kappa shape index (κ3) is 4.30. The van der Waals surface area contributed by atoms with Gasteiger partial charge < -0.3 is 4.74 Å². The standard InChI is InChI=1S/C11H21NO/c1-3-4-5-6-7-8-11-12-9-10(2)13-11/h10H,3-9H2,1-2H3. The van der Waals surface area contributed by atoms with E-state index in [0.717, 1.165) is 18.9 Å². The monoisotopic (exact) mass is 183 g/mol. The van der Waals surface area contributed by atoms with Gasteiger partial charge in [0.25, 0.3) is 0 Å². The second-order valence-corrected chi connectivity index (χ2v) is 3.83. The number of ether oxygens (including phenoxy) is 1. The molecule has 0 aliphatic carbocycles. The van der Waals surface area contributed by atoms with Crippen LogP contribution in [0.5, 0.6) is 0 Å². The van der Waals surface area contributed by atoms with E-state index < -0.39 is 0 Å². The fraction of sp³-hybridized carbons (Fsp3) is 0.909. The molecule has 1 atom stereocenters. The van der Waals surface area contributed by atoms with Crippen LogP contribution < -0.4 is 0 Å². The molecule has 1 unspecified atom stereocenters. The van der Waals surface area contributed by atoms with Crippen molar-refractivity contribution in [2.45, 2.75) is 58.5 Å². The van der Waals surface area contributed by atoms with Crippen molar-refractivity contribution in [3.8, 4) is 0 Å². The minimum absolute atomic E-state index is 0.325. The summed E-state index contributed by atoms with van der Waals surface area (Å²) in [6, 6.07) is 0. The molecule has 2 heteroatoms. The Kier molecular flexibility index (Phi) is 4.87. The van der Waals surface area contributed by atoms with Crippen LogP contribution in [0.4, 0.5) is 0 Å². The Bertz CT molecular complexity index is 165. The van der Waals surface area contributed by atoms with Gasteiger partial charge in [0.1, 0.15) is 6.10 Å². The highest BCUT2D eigenvalue weighted by molar-refractivity contribution is 5.77. The predicted octanol–water partition coefficient (Wildman–Crippen LogP) is 3.16. The van der Waals surface area contributed by atoms with Crippen LogP contribution in [-0.2, 0) is 4.74 Å². The van der Waals surface area contributed by atoms with Gasteiger partial charge in [-0.15, -0.1) is 0 Å². The summed E-state index contributed by atoms with van der Waals surface area (Å²) in [5, 5.41) is 0. The van der Waals surface area contributed by atoms with Crippen molar-refractivity contribution in [3.63, 3.8) is 0 Å². The first kappa shape index (κ1) is 10.6. The maximum atomic E-state index is 5.52. The second kappa shape index (κ2) is 6.01. The molecule has 0 N–H and O–H groups in total. The number of rotatable bonds is 6. The summed E-state index contributed by atoms with van der Waals surface area (Å²) >= 11 is 0. The molecule has 0 radical (unpaired) electrons. The maximum absolute atomic E-state index is 5.52. The summed E-state index contributed by atoms with van der Waals surface area (Å²) in [7, 11) is 0. The van der Waals surface area contributed by atoms with Crippen LogP contribution in [0.25, 0.3) is 0 Å². The number of hydrogen-bond acceptors (Lipinski definition) is 2. The summed E-state index contributed by atoms with van der Waals surface area (Å²) in [6.07, 6.45) is 7.98. The van der Waals surface area contributed by atoms with Crippen molar-refractivity contribution >= 4 is 5.90 Å². The number of unbranched alkanes of at least 4 members (excludes halogenated alkanes) is 4. The minimum atomic E-state index is 0.325. The molecule has 0 saturated heterocycles. The summed E-state index contributed by atoms with van der Waals surface area (Å²) in [5.41, 5.74) is 0. The quantitative estimate of drug-likeness (QED) is 0.580. The lowest BCUT2D eigenvalue weighted by atomic mass is 10.1. The molecule has 0 amide bonds. The Hall–Kier alpha value is -0.530. The molecule has 0 spiro atoms. The van der Waals surface area contributed by atoms with E-state index in [0.29, 0.717) is 6.10 Å². The van der Waals surface area contributed by atoms with Crippen LogP contribution >= 0.6 is 0 Å². The lowest BCUT2D eigenvalue weighted by molar-refractivity contribution is 0.238. The van der Waals surface area contributed by atoms with Gasteiger partial charge in [0.2, 0.25) is 0 Å². The molecule has 0 aromatic carbocycles. The Morgan fingerprint density at radius 1 is 1.31 bits per heavy atom. The third-order valence-corrected chi connectivity index (χ3v) is 2.36. The molecule has 13 heavy (non-hydrogen) atoms. The summed E-state index contributed by atoms with van der Waals surface area (Å²) in [4.78, 5) is 4.33. The smallest absolute Gasteiger partial charge is 0.183 e. The van der Waals surface area contributed by atoms with Gasteiger partial charge in [0, 0.05) is 6.42 Å². The van der Waals surface area contributed by atoms with Gasteiger partial charge in [0.05, 0.1) is 6.54 Å². The Morgan fingerprint density at radius 2 is 2.08 bits per heavy atom. The van der Waals surface area contributed by atoms with Crippen molar-refractivity contribution < 1.29 is 4.74 Å². The first-order valence-corrected chi connectivity index (χ1v) is 5.53. The molecule has 76 valence electrons. The Labute approximate surface area is 81.4 Å². The van der Waals surface area contributed by atoms with E-state index in [1.807, 2.05) is 0 Å². The first-order valence-electron chi connectivity index (χ1n) is 5.53. The number of aliphatic imine (C=N–C) groups is 1. The number of hydrogen-bond donors (Lipinski definition) is 0. The molecule has 0 fully saturated rings. The minimum Gasteiger partial charge on any atom is -0.476 e. The molecule has 2 nitrogen and oxygen atoms in total. The lowest BCUT2D eigenvalue weighted by Crippen LogP contribution is -2.07. The maximum Gasteiger partial charge on any atom is 0.183 e. The van der Waals surface area contributed by atoms with Crippen LogP contribution in [0.2, 0.25) is 0 Å². The molecular weight excluding hydrogens is 162 g/mol. The molecule has 1 aliphatic heterocycles. The SMILES string of the molecule is CCCCCCCC1=NCC(C)O1. The molecule has 0 aromatic rings. The van der Waals surface area contributed by atoms with E-state index in [-0.39, 0.29) is 0 Å². The molecule has 1 aliphatic rings. The van der Waals surface area contributed by atoms with E-state index in [4.69, 9.17) is 4.74 Å². The van der Waals surface area contributed by atoms with Crippen LogP contribution in [0.15, 0.2) is 4.99 Å². The first-order chi connectivity index (χ1) is 6.33. The third-order valence-electron chi connectivity index (χ3n) is 2.36. The highest BCUT2D eigenvalue weighted by atomic mass is 16.5. The van der Waals surface area contributed by atoms with Gasteiger partial charge in [-0.25, -0.2) is 0 Å². The lowest BCUT2D eigenvalue weighted by Gasteiger charge is -2.04. The van der Waals surface area contributed by atoms with E-state index in [9.17, 15) is 0 Å². The van der Waals surface area contributed by atoms with Gasteiger partial charge in [-0.3, -0.25) is 4.99 Å². The van der Waals surface area contributed by atoms with E-state index in [2.05, 4.69) is 18.8 Å². The van der Waals surface area contributed by atoms with Crippen molar-refractivity contribution in [2.24, 2.45) is 4.99 Å². The van der Waals surface area contributed by atoms with Crippen molar-refractivity contribution in [1.82, 2.24) is 0 Å². The molecule has 0 saturated carbocycles. The summed E-state index contributed by atoms with van der Waals surface area (Å²) < 4.78 is 5.52. The van der Waals surface area contributed by atoms with Crippen molar-refractivity contribution in [2.75, 3.05) is 6.54 Å². The summed E-state index contributed by atoms with van der Waals surface area (Å²) in [5.74, 6) is 0.990. The second-order valence-electron chi connectivity index (χ2n) is 3.83. The highest BCUT2D eigenvalue weighted by Crippen LogP contribution is 2.11. The Morgan fingerprint density at radius 3 is 2.69 bits per heavy atom. The van der Waals surface area contributed by atoms with Gasteiger partial charge >= 0.3 is 0 Å². The zero-order valence-electron chi connectivity index (χ0n) is 8.88. The van der Waals surface area contributed by atoms with Crippen LogP contribution in [0, 0.1) is 0 Å². The normalized spacial score (nSPS) is 21.4. The zero-order chi connectivity index (χ0) is 9.52. The van der Waals surface area contributed by atoms with Gasteiger partial charge in [0.15, 0.2) is 5.90 Å². The topological polar surface area (TPSA) is 21.6 Å². The van der Waals surface area contributed by atoms with E-state index in [1.165, 1.54) is 32.1 Å². The fourth-order valence-electron chi connectivity index (χ4n) is 1.55.